The Hall–Kier alpha value is -2.60. The number of anilines is 1. The minimum Gasteiger partial charge on any atom is -0.280 e. The fourth-order valence-electron chi connectivity index (χ4n) is 3.35. The summed E-state index contributed by atoms with van der Waals surface area (Å²) >= 11 is 0. The Labute approximate surface area is 159 Å². The van der Waals surface area contributed by atoms with Crippen LogP contribution in [0.15, 0.2) is 65.6 Å². The fraction of sp³-hybridized carbons (Fsp3) is 0.286. The molecular formula is C21H21N3O2S. The number of sulfonamides is 1. The highest BCUT2D eigenvalue weighted by atomic mass is 32.2. The van der Waals surface area contributed by atoms with Gasteiger partial charge in [-0.15, -0.1) is 0 Å². The van der Waals surface area contributed by atoms with E-state index in [4.69, 9.17) is 5.10 Å². The van der Waals surface area contributed by atoms with Crippen molar-refractivity contribution in [1.82, 2.24) is 9.78 Å². The van der Waals surface area contributed by atoms with Gasteiger partial charge in [-0.05, 0) is 68.1 Å². The van der Waals surface area contributed by atoms with Crippen molar-refractivity contribution in [2.45, 2.75) is 42.4 Å². The quantitative estimate of drug-likeness (QED) is 0.689. The van der Waals surface area contributed by atoms with E-state index in [1.165, 1.54) is 37.1 Å². The van der Waals surface area contributed by atoms with E-state index in [1.807, 2.05) is 16.8 Å². The summed E-state index contributed by atoms with van der Waals surface area (Å²) in [5.41, 5.74) is 4.01. The molecule has 0 saturated heterocycles. The average molecular weight is 379 g/mol. The van der Waals surface area contributed by atoms with E-state index in [1.54, 1.807) is 42.5 Å². The van der Waals surface area contributed by atoms with Crippen molar-refractivity contribution in [3.05, 3.63) is 72.1 Å². The first-order valence-corrected chi connectivity index (χ1v) is 10.9. The Kier molecular flexibility index (Phi) is 3.82. The summed E-state index contributed by atoms with van der Waals surface area (Å²) in [5, 5.41) is 4.83. The third-order valence-corrected chi connectivity index (χ3v) is 6.56. The molecule has 1 aromatic heterocycles. The van der Waals surface area contributed by atoms with Gasteiger partial charge in [0.25, 0.3) is 10.0 Å². The molecule has 1 heterocycles. The van der Waals surface area contributed by atoms with Crippen LogP contribution in [0.2, 0.25) is 0 Å². The molecule has 0 bridgehead atoms. The van der Waals surface area contributed by atoms with Gasteiger partial charge in [0.05, 0.1) is 16.3 Å². The lowest BCUT2D eigenvalue weighted by Gasteiger charge is -2.10. The van der Waals surface area contributed by atoms with E-state index >= 15 is 0 Å². The second-order valence-electron chi connectivity index (χ2n) is 7.42. The molecule has 5 nitrogen and oxygen atoms in total. The zero-order valence-corrected chi connectivity index (χ0v) is 15.7. The lowest BCUT2D eigenvalue weighted by atomic mass is 10.2. The van der Waals surface area contributed by atoms with Gasteiger partial charge in [0.2, 0.25) is 0 Å². The summed E-state index contributed by atoms with van der Waals surface area (Å²) in [7, 11) is -3.57. The standard InChI is InChI=1S/C21H21N3O2S/c25-27(26,19-4-2-1-3-5-19)23-17-10-12-18(13-11-17)24-21(16-8-9-16)14-20(22-24)15-6-7-15/h1-5,10-16,23H,6-9H2. The summed E-state index contributed by atoms with van der Waals surface area (Å²) in [4.78, 5) is 0.256. The smallest absolute Gasteiger partial charge is 0.261 e. The average Bonchev–Trinajstić information content (AvgIpc) is 3.61. The molecule has 0 unspecified atom stereocenters. The van der Waals surface area contributed by atoms with Crippen molar-refractivity contribution < 1.29 is 8.42 Å². The predicted molar refractivity (Wildman–Crippen MR) is 105 cm³/mol. The summed E-state index contributed by atoms with van der Waals surface area (Å²) in [6.45, 7) is 0. The first-order chi connectivity index (χ1) is 13.1. The molecule has 138 valence electrons. The van der Waals surface area contributed by atoms with Crippen LogP contribution in [0.3, 0.4) is 0 Å². The number of hydrogen-bond donors (Lipinski definition) is 1. The second-order valence-corrected chi connectivity index (χ2v) is 9.10. The second kappa shape index (κ2) is 6.23. The molecule has 0 amide bonds. The highest BCUT2D eigenvalue weighted by Gasteiger charge is 2.32. The molecule has 6 heteroatoms. The number of rotatable bonds is 6. The first-order valence-electron chi connectivity index (χ1n) is 9.38. The molecular weight excluding hydrogens is 358 g/mol. The minimum atomic E-state index is -3.57. The maximum Gasteiger partial charge on any atom is 0.261 e. The topological polar surface area (TPSA) is 64.0 Å². The molecule has 2 fully saturated rings. The molecule has 2 aromatic carbocycles. The fourth-order valence-corrected chi connectivity index (χ4v) is 4.43. The van der Waals surface area contributed by atoms with Crippen LogP contribution < -0.4 is 4.72 Å². The summed E-state index contributed by atoms with van der Waals surface area (Å²) in [6.07, 6.45) is 4.93. The van der Waals surface area contributed by atoms with Gasteiger partial charge in [0.1, 0.15) is 0 Å². The molecule has 0 aliphatic heterocycles. The van der Waals surface area contributed by atoms with Crippen LogP contribution in [0.1, 0.15) is 48.9 Å². The van der Waals surface area contributed by atoms with Crippen molar-refractivity contribution in [3.63, 3.8) is 0 Å². The SMILES string of the molecule is O=S(=O)(Nc1ccc(-n2nc(C3CC3)cc2C2CC2)cc1)c1ccccc1. The van der Waals surface area contributed by atoms with Gasteiger partial charge in [-0.2, -0.15) is 5.10 Å². The minimum absolute atomic E-state index is 0.256. The molecule has 2 aliphatic carbocycles. The van der Waals surface area contributed by atoms with Crippen LogP contribution in [-0.2, 0) is 10.0 Å². The highest BCUT2D eigenvalue weighted by molar-refractivity contribution is 7.92. The molecule has 1 N–H and O–H groups in total. The largest absolute Gasteiger partial charge is 0.280 e. The zero-order valence-electron chi connectivity index (χ0n) is 14.9. The van der Waals surface area contributed by atoms with E-state index in [2.05, 4.69) is 10.8 Å². The number of nitrogens with zero attached hydrogens (tertiary/aromatic N) is 2. The molecule has 2 saturated carbocycles. The van der Waals surface area contributed by atoms with Crippen LogP contribution in [0.4, 0.5) is 5.69 Å². The zero-order chi connectivity index (χ0) is 18.4. The lowest BCUT2D eigenvalue weighted by Crippen LogP contribution is -2.12. The maximum atomic E-state index is 12.5. The number of hydrogen-bond acceptors (Lipinski definition) is 3. The summed E-state index contributed by atoms with van der Waals surface area (Å²) in [6, 6.07) is 18.1. The van der Waals surface area contributed by atoms with Crippen molar-refractivity contribution >= 4 is 15.7 Å². The number of benzene rings is 2. The van der Waals surface area contributed by atoms with Crippen molar-refractivity contribution in [2.75, 3.05) is 4.72 Å². The summed E-state index contributed by atoms with van der Waals surface area (Å²) < 4.78 is 29.6. The number of aromatic nitrogens is 2. The molecule has 5 rings (SSSR count). The molecule has 0 spiro atoms. The third-order valence-electron chi connectivity index (χ3n) is 5.16. The van der Waals surface area contributed by atoms with Crippen molar-refractivity contribution in [1.29, 1.82) is 0 Å². The lowest BCUT2D eigenvalue weighted by molar-refractivity contribution is 0.601. The van der Waals surface area contributed by atoms with Gasteiger partial charge in [-0.1, -0.05) is 18.2 Å². The van der Waals surface area contributed by atoms with E-state index in [9.17, 15) is 8.42 Å². The maximum absolute atomic E-state index is 12.5. The van der Waals surface area contributed by atoms with Crippen LogP contribution in [0.25, 0.3) is 5.69 Å². The Morgan fingerprint density at radius 3 is 2.19 bits per heavy atom. The third kappa shape index (κ3) is 3.37. The van der Waals surface area contributed by atoms with Crippen LogP contribution >= 0.6 is 0 Å². The Morgan fingerprint density at radius 1 is 0.889 bits per heavy atom. The molecule has 0 radical (unpaired) electrons. The summed E-state index contributed by atoms with van der Waals surface area (Å²) in [5.74, 6) is 1.24. The van der Waals surface area contributed by atoms with Crippen molar-refractivity contribution in [3.8, 4) is 5.69 Å². The van der Waals surface area contributed by atoms with E-state index in [0.29, 0.717) is 17.5 Å². The van der Waals surface area contributed by atoms with Gasteiger partial charge in [0.15, 0.2) is 0 Å². The van der Waals surface area contributed by atoms with Gasteiger partial charge >= 0.3 is 0 Å². The van der Waals surface area contributed by atoms with Gasteiger partial charge in [-0.3, -0.25) is 4.72 Å². The van der Waals surface area contributed by atoms with Gasteiger partial charge < -0.3 is 0 Å². The Bertz CT molecular complexity index is 1060. The van der Waals surface area contributed by atoms with E-state index in [-0.39, 0.29) is 4.90 Å². The monoisotopic (exact) mass is 379 g/mol. The normalized spacial score (nSPS) is 17.0. The molecule has 2 aliphatic rings. The van der Waals surface area contributed by atoms with Crippen LogP contribution in [-0.4, -0.2) is 18.2 Å². The molecule has 27 heavy (non-hydrogen) atoms. The Morgan fingerprint density at radius 2 is 1.56 bits per heavy atom. The predicted octanol–water partition coefficient (Wildman–Crippen LogP) is 4.43. The first kappa shape index (κ1) is 16.6. The van der Waals surface area contributed by atoms with Crippen LogP contribution in [0, 0.1) is 0 Å². The van der Waals surface area contributed by atoms with Crippen molar-refractivity contribution in [2.24, 2.45) is 0 Å². The van der Waals surface area contributed by atoms with E-state index in [0.717, 1.165) is 5.69 Å². The molecule has 3 aromatic rings. The van der Waals surface area contributed by atoms with E-state index < -0.39 is 10.0 Å². The number of nitrogens with one attached hydrogen (secondary N) is 1. The van der Waals surface area contributed by atoms with Gasteiger partial charge in [-0.25, -0.2) is 13.1 Å². The highest BCUT2D eigenvalue weighted by Crippen LogP contribution is 2.45. The van der Waals surface area contributed by atoms with Crippen LogP contribution in [0.5, 0.6) is 0 Å². The van der Waals surface area contributed by atoms with Gasteiger partial charge in [0, 0.05) is 23.2 Å². The Balaban J connectivity index is 1.41. The molecule has 0 atom stereocenters.